The summed E-state index contributed by atoms with van der Waals surface area (Å²) in [6, 6.07) is 27.6. The molecule has 6 nitrogen and oxygen atoms in total. The molecule has 170 valence electrons. The molecule has 0 bridgehead atoms. The van der Waals surface area contributed by atoms with Crippen molar-refractivity contribution >= 4 is 0 Å². The number of phenolic OH excluding ortho intramolecular Hbond substituents is 2. The minimum absolute atomic E-state index is 0.103. The molecule has 0 saturated carbocycles. The lowest BCUT2D eigenvalue weighted by molar-refractivity contribution is -0.0459. The highest BCUT2D eigenvalue weighted by atomic mass is 16.7. The molecule has 34 heavy (non-hydrogen) atoms. The molecule has 2 aliphatic rings. The lowest BCUT2D eigenvalue weighted by Crippen LogP contribution is -2.36. The van der Waals surface area contributed by atoms with Crippen molar-refractivity contribution in [2.75, 3.05) is 0 Å². The van der Waals surface area contributed by atoms with E-state index in [1.165, 1.54) is 12.1 Å². The van der Waals surface area contributed by atoms with E-state index in [0.717, 1.165) is 11.1 Å². The molecular formula is C28H22O6. The lowest BCUT2D eigenvalue weighted by Gasteiger charge is -2.31. The third-order valence-electron chi connectivity index (χ3n) is 6.30. The predicted molar refractivity (Wildman–Crippen MR) is 124 cm³/mol. The van der Waals surface area contributed by atoms with Gasteiger partial charge in [-0.05, 0) is 17.7 Å². The van der Waals surface area contributed by atoms with Crippen LogP contribution in [0.25, 0.3) is 0 Å². The van der Waals surface area contributed by atoms with E-state index in [1.807, 2.05) is 78.9 Å². The summed E-state index contributed by atoms with van der Waals surface area (Å²) in [4.78, 5) is 0. The van der Waals surface area contributed by atoms with Gasteiger partial charge in [-0.25, -0.2) is 0 Å². The zero-order valence-corrected chi connectivity index (χ0v) is 18.1. The second kappa shape index (κ2) is 7.71. The van der Waals surface area contributed by atoms with Gasteiger partial charge in [-0.3, -0.25) is 0 Å². The van der Waals surface area contributed by atoms with Crippen molar-refractivity contribution in [2.45, 2.75) is 24.4 Å². The van der Waals surface area contributed by atoms with Gasteiger partial charge in [0.25, 0.3) is 0 Å². The van der Waals surface area contributed by atoms with E-state index in [1.54, 1.807) is 0 Å². The largest absolute Gasteiger partial charge is 0.508 e. The van der Waals surface area contributed by atoms with Crippen molar-refractivity contribution in [2.24, 2.45) is 0 Å². The Morgan fingerprint density at radius 3 is 2.03 bits per heavy atom. The van der Waals surface area contributed by atoms with E-state index in [4.69, 9.17) is 14.2 Å². The molecule has 0 amide bonds. The first-order valence-corrected chi connectivity index (χ1v) is 11.1. The van der Waals surface area contributed by atoms with Crippen LogP contribution in [0.2, 0.25) is 0 Å². The van der Waals surface area contributed by atoms with Crippen molar-refractivity contribution in [3.05, 3.63) is 113 Å². The average Bonchev–Trinajstić information content (AvgIpc) is 3.25. The van der Waals surface area contributed by atoms with Crippen LogP contribution in [-0.2, 0) is 12.2 Å². The first kappa shape index (κ1) is 20.4. The van der Waals surface area contributed by atoms with E-state index in [2.05, 4.69) is 0 Å². The topological polar surface area (TPSA) is 88.4 Å². The Labute approximate surface area is 196 Å². The highest BCUT2D eigenvalue weighted by Gasteiger charge is 2.46. The average molecular weight is 454 g/mol. The van der Waals surface area contributed by atoms with Crippen LogP contribution in [0.4, 0.5) is 0 Å². The van der Waals surface area contributed by atoms with Crippen LogP contribution in [-0.4, -0.2) is 21.4 Å². The molecule has 4 aromatic rings. The van der Waals surface area contributed by atoms with Gasteiger partial charge in [-0.15, -0.1) is 0 Å². The Morgan fingerprint density at radius 1 is 0.706 bits per heavy atom. The summed E-state index contributed by atoms with van der Waals surface area (Å²) in [6.07, 6.45) is -1.40. The molecule has 0 fully saturated rings. The zero-order valence-electron chi connectivity index (χ0n) is 18.1. The number of rotatable bonds is 3. The first-order chi connectivity index (χ1) is 16.5. The fourth-order valence-electron chi connectivity index (χ4n) is 4.66. The van der Waals surface area contributed by atoms with Crippen LogP contribution < -0.4 is 14.2 Å². The highest BCUT2D eigenvalue weighted by molar-refractivity contribution is 5.54. The Bertz CT molecular complexity index is 1310. The molecule has 6 rings (SSSR count). The summed E-state index contributed by atoms with van der Waals surface area (Å²) in [5.41, 5.74) is 2.87. The van der Waals surface area contributed by atoms with Crippen molar-refractivity contribution < 1.29 is 29.5 Å². The summed E-state index contributed by atoms with van der Waals surface area (Å²) in [7, 11) is 0. The number of fused-ring (bicyclic) bond motifs is 2. The maximum atomic E-state index is 10.8. The van der Waals surface area contributed by atoms with E-state index >= 15 is 0 Å². The van der Waals surface area contributed by atoms with Crippen LogP contribution in [0.3, 0.4) is 0 Å². The van der Waals surface area contributed by atoms with Gasteiger partial charge in [0.15, 0.2) is 11.5 Å². The Hall–Kier alpha value is -4.16. The Kier molecular flexibility index (Phi) is 4.64. The van der Waals surface area contributed by atoms with Gasteiger partial charge in [-0.1, -0.05) is 66.7 Å². The lowest BCUT2D eigenvalue weighted by atomic mass is 9.94. The summed E-state index contributed by atoms with van der Waals surface area (Å²) in [6.45, 7) is 0. The third-order valence-corrected chi connectivity index (χ3v) is 6.30. The van der Waals surface area contributed by atoms with Crippen molar-refractivity contribution in [3.8, 4) is 28.7 Å². The number of aliphatic hydroxyl groups is 1. The molecule has 3 N–H and O–H groups in total. The van der Waals surface area contributed by atoms with Crippen LogP contribution in [0, 0.1) is 0 Å². The summed E-state index contributed by atoms with van der Waals surface area (Å²) in [5, 5.41) is 30.8. The second-order valence-electron chi connectivity index (χ2n) is 8.51. The zero-order chi connectivity index (χ0) is 23.3. The van der Waals surface area contributed by atoms with Gasteiger partial charge in [0.05, 0.1) is 6.10 Å². The predicted octanol–water partition coefficient (Wildman–Crippen LogP) is 4.81. The molecule has 2 aliphatic heterocycles. The molecule has 0 aliphatic carbocycles. The highest BCUT2D eigenvalue weighted by Crippen LogP contribution is 2.49. The first-order valence-electron chi connectivity index (χ1n) is 11.1. The third kappa shape index (κ3) is 3.23. The van der Waals surface area contributed by atoms with Crippen molar-refractivity contribution in [1.29, 1.82) is 0 Å². The van der Waals surface area contributed by atoms with Gasteiger partial charge in [0.2, 0.25) is 0 Å². The molecule has 2 atom stereocenters. The molecular weight excluding hydrogens is 432 g/mol. The molecule has 6 heteroatoms. The number of hydrogen-bond acceptors (Lipinski definition) is 6. The Balaban J connectivity index is 1.38. The minimum Gasteiger partial charge on any atom is -0.508 e. The maximum Gasteiger partial charge on any atom is 0.305 e. The number of aliphatic hydroxyl groups excluding tert-OH is 1. The summed E-state index contributed by atoms with van der Waals surface area (Å²) in [5.74, 6) is 0.109. The molecule has 0 radical (unpaired) electrons. The van der Waals surface area contributed by atoms with E-state index in [9.17, 15) is 15.3 Å². The van der Waals surface area contributed by atoms with E-state index in [0.29, 0.717) is 28.4 Å². The van der Waals surface area contributed by atoms with Crippen LogP contribution in [0.5, 0.6) is 28.7 Å². The number of aromatic hydroxyl groups is 2. The van der Waals surface area contributed by atoms with Crippen molar-refractivity contribution in [3.63, 3.8) is 0 Å². The normalized spacial score (nSPS) is 19.8. The quantitative estimate of drug-likeness (QED) is 0.412. The molecule has 0 unspecified atom stereocenters. The maximum absolute atomic E-state index is 10.8. The van der Waals surface area contributed by atoms with E-state index in [-0.39, 0.29) is 17.9 Å². The molecule has 0 aromatic heterocycles. The monoisotopic (exact) mass is 454 g/mol. The molecule has 4 aromatic carbocycles. The molecule has 2 heterocycles. The second-order valence-corrected chi connectivity index (χ2v) is 8.51. The smallest absolute Gasteiger partial charge is 0.305 e. The fourth-order valence-corrected chi connectivity index (χ4v) is 4.66. The summed E-state index contributed by atoms with van der Waals surface area (Å²) >= 11 is 0. The standard InChI is InChI=1S/C28H22O6/c29-20-14-22(30)21-16-23(31)27(32-25(21)15-20)17-11-12-24-26(13-17)34-28(33-24,18-7-3-1-4-8-18)19-9-5-2-6-10-19/h1-15,23,27,29-31H,16H2/t23-,27+/m0/s1. The van der Waals surface area contributed by atoms with E-state index < -0.39 is 18.0 Å². The summed E-state index contributed by atoms with van der Waals surface area (Å²) < 4.78 is 18.9. The van der Waals surface area contributed by atoms with Crippen LogP contribution in [0.15, 0.2) is 91.0 Å². The van der Waals surface area contributed by atoms with Crippen LogP contribution >= 0.6 is 0 Å². The van der Waals surface area contributed by atoms with Gasteiger partial charge in [0.1, 0.15) is 23.4 Å². The van der Waals surface area contributed by atoms with Crippen LogP contribution in [0.1, 0.15) is 28.4 Å². The van der Waals surface area contributed by atoms with Gasteiger partial charge >= 0.3 is 5.79 Å². The molecule has 0 spiro atoms. The number of ether oxygens (including phenoxy) is 3. The number of phenols is 2. The number of hydrogen-bond donors (Lipinski definition) is 3. The van der Waals surface area contributed by atoms with Gasteiger partial charge < -0.3 is 29.5 Å². The van der Waals surface area contributed by atoms with Crippen molar-refractivity contribution in [1.82, 2.24) is 0 Å². The fraction of sp³-hybridized carbons (Fsp3) is 0.143. The Morgan fingerprint density at radius 2 is 1.35 bits per heavy atom. The van der Waals surface area contributed by atoms with Gasteiger partial charge in [-0.2, -0.15) is 0 Å². The minimum atomic E-state index is -1.14. The SMILES string of the molecule is Oc1cc(O)c2c(c1)O[C@H](c1ccc3c(c1)OC(c1ccccc1)(c1ccccc1)O3)[C@@H](O)C2. The van der Waals surface area contributed by atoms with Gasteiger partial charge in [0, 0.05) is 35.2 Å². The number of benzene rings is 4. The molecule has 0 saturated heterocycles.